The molecule has 0 saturated heterocycles. The first kappa shape index (κ1) is 8.89. The van der Waals surface area contributed by atoms with E-state index in [2.05, 4.69) is 0 Å². The van der Waals surface area contributed by atoms with Crippen molar-refractivity contribution in [3.8, 4) is 5.75 Å². The van der Waals surface area contributed by atoms with Crippen molar-refractivity contribution in [2.24, 2.45) is 0 Å². The summed E-state index contributed by atoms with van der Waals surface area (Å²) in [4.78, 5) is 9.55. The number of phenolic OH excluding ortho intramolecular Hbond substituents is 1. The highest BCUT2D eigenvalue weighted by Gasteiger charge is 2.20. The molecule has 0 aliphatic rings. The van der Waals surface area contributed by atoms with Crippen LogP contribution in [0.15, 0.2) is 17.5 Å². The summed E-state index contributed by atoms with van der Waals surface area (Å²) in [6, 6.07) is 2.34. The zero-order valence-corrected chi connectivity index (χ0v) is 7.55. The molecule has 0 fully saturated rings. The van der Waals surface area contributed by atoms with Gasteiger partial charge in [0.15, 0.2) is 0 Å². The van der Waals surface area contributed by atoms with Gasteiger partial charge < -0.3 is 5.11 Å². The number of nitrogens with zero attached hydrogens (tertiary/aromatic N) is 1. The first-order chi connectivity index (χ1) is 6.61. The topological polar surface area (TPSA) is 63.4 Å². The first-order valence-electron chi connectivity index (χ1n) is 3.64. The maximum absolute atomic E-state index is 13.4. The van der Waals surface area contributed by atoms with Crippen LogP contribution in [0, 0.1) is 15.9 Å². The minimum Gasteiger partial charge on any atom is -0.507 e. The third-order valence-electron chi connectivity index (χ3n) is 1.84. The highest BCUT2D eigenvalue weighted by molar-refractivity contribution is 7.17. The van der Waals surface area contributed by atoms with Gasteiger partial charge in [-0.05, 0) is 11.4 Å². The smallest absolute Gasteiger partial charge is 0.310 e. The number of nitro groups is 1. The fourth-order valence-corrected chi connectivity index (χ4v) is 2.05. The number of nitro benzene ring substituents is 1. The van der Waals surface area contributed by atoms with Gasteiger partial charge in [-0.25, -0.2) is 0 Å². The minimum atomic E-state index is -0.891. The Morgan fingerprint density at radius 1 is 1.57 bits per heavy atom. The molecule has 72 valence electrons. The Morgan fingerprint density at radius 2 is 2.29 bits per heavy atom. The van der Waals surface area contributed by atoms with Crippen LogP contribution in [0.1, 0.15) is 0 Å². The lowest BCUT2D eigenvalue weighted by atomic mass is 10.2. The van der Waals surface area contributed by atoms with E-state index in [0.717, 1.165) is 17.4 Å². The van der Waals surface area contributed by atoms with Crippen molar-refractivity contribution in [2.45, 2.75) is 0 Å². The second kappa shape index (κ2) is 2.91. The van der Waals surface area contributed by atoms with Gasteiger partial charge in [0.1, 0.15) is 5.75 Å². The average molecular weight is 213 g/mol. The molecule has 0 bridgehead atoms. The van der Waals surface area contributed by atoms with E-state index in [-0.39, 0.29) is 10.4 Å². The molecule has 0 aliphatic carbocycles. The molecule has 1 heterocycles. The number of halogens is 1. The van der Waals surface area contributed by atoms with E-state index in [1.807, 2.05) is 0 Å². The van der Waals surface area contributed by atoms with Crippen LogP contribution < -0.4 is 0 Å². The van der Waals surface area contributed by atoms with Crippen LogP contribution >= 0.6 is 11.3 Å². The van der Waals surface area contributed by atoms with E-state index < -0.39 is 16.4 Å². The van der Waals surface area contributed by atoms with Crippen LogP contribution in [0.3, 0.4) is 0 Å². The molecule has 2 aromatic rings. The van der Waals surface area contributed by atoms with Crippen molar-refractivity contribution in [2.75, 3.05) is 0 Å². The number of aromatic hydroxyl groups is 1. The molecular formula is C8H4FNO3S. The number of fused-ring (bicyclic) bond motifs is 1. The fraction of sp³-hybridized carbons (Fsp3) is 0. The second-order valence-corrected chi connectivity index (χ2v) is 3.57. The SMILES string of the molecule is O=[N+]([O-])c1cc(O)c2ccsc2c1F. The van der Waals surface area contributed by atoms with E-state index in [4.69, 9.17) is 0 Å². The lowest BCUT2D eigenvalue weighted by Gasteiger charge is -1.97. The molecule has 1 N–H and O–H groups in total. The highest BCUT2D eigenvalue weighted by atomic mass is 32.1. The zero-order valence-electron chi connectivity index (χ0n) is 6.73. The predicted octanol–water partition coefficient (Wildman–Crippen LogP) is 2.65. The van der Waals surface area contributed by atoms with E-state index in [1.54, 1.807) is 5.38 Å². The molecule has 0 amide bonds. The number of hydrogen-bond acceptors (Lipinski definition) is 4. The van der Waals surface area contributed by atoms with Crippen molar-refractivity contribution in [1.82, 2.24) is 0 Å². The summed E-state index contributed by atoms with van der Waals surface area (Å²) in [5, 5.41) is 21.6. The Bertz CT molecular complexity index is 523. The molecule has 0 radical (unpaired) electrons. The van der Waals surface area contributed by atoms with E-state index in [0.29, 0.717) is 5.39 Å². The normalized spacial score (nSPS) is 10.6. The second-order valence-electron chi connectivity index (χ2n) is 2.65. The summed E-state index contributed by atoms with van der Waals surface area (Å²) >= 11 is 1.02. The number of hydrogen-bond donors (Lipinski definition) is 1. The van der Waals surface area contributed by atoms with Gasteiger partial charge in [-0.1, -0.05) is 0 Å². The van der Waals surface area contributed by atoms with Crippen LogP contribution in [0.2, 0.25) is 0 Å². The average Bonchev–Trinajstić information content (AvgIpc) is 2.59. The summed E-state index contributed by atoms with van der Waals surface area (Å²) in [6.07, 6.45) is 0. The van der Waals surface area contributed by atoms with Gasteiger partial charge in [-0.2, -0.15) is 4.39 Å². The van der Waals surface area contributed by atoms with Crippen LogP contribution in [0.4, 0.5) is 10.1 Å². The maximum atomic E-state index is 13.4. The van der Waals surface area contributed by atoms with Gasteiger partial charge in [-0.3, -0.25) is 10.1 Å². The van der Waals surface area contributed by atoms with E-state index in [9.17, 15) is 19.6 Å². The molecule has 0 spiro atoms. The zero-order chi connectivity index (χ0) is 10.3. The monoisotopic (exact) mass is 213 g/mol. The van der Waals surface area contributed by atoms with Crippen molar-refractivity contribution in [1.29, 1.82) is 0 Å². The van der Waals surface area contributed by atoms with Crippen molar-refractivity contribution in [3.05, 3.63) is 33.4 Å². The minimum absolute atomic E-state index is 0.108. The molecule has 4 nitrogen and oxygen atoms in total. The Morgan fingerprint density at radius 3 is 2.93 bits per heavy atom. The highest BCUT2D eigenvalue weighted by Crippen LogP contribution is 2.36. The van der Waals surface area contributed by atoms with Crippen LogP contribution in [-0.2, 0) is 0 Å². The summed E-state index contributed by atoms with van der Waals surface area (Å²) in [7, 11) is 0. The summed E-state index contributed by atoms with van der Waals surface area (Å²) in [5.41, 5.74) is -0.697. The van der Waals surface area contributed by atoms with Crippen molar-refractivity contribution < 1.29 is 14.4 Å². The molecule has 0 atom stereocenters. The summed E-state index contributed by atoms with van der Waals surface area (Å²) in [5.74, 6) is -1.16. The largest absolute Gasteiger partial charge is 0.507 e. The Kier molecular flexibility index (Phi) is 1.85. The lowest BCUT2D eigenvalue weighted by molar-refractivity contribution is -0.387. The lowest BCUT2D eigenvalue weighted by Crippen LogP contribution is -1.92. The molecule has 1 aromatic carbocycles. The third-order valence-corrected chi connectivity index (χ3v) is 2.74. The van der Waals surface area contributed by atoms with E-state index >= 15 is 0 Å². The standard InChI is InChI=1S/C8H4FNO3S/c9-7-5(10(12)13)3-6(11)4-1-2-14-8(4)7/h1-3,11H. The van der Waals surface area contributed by atoms with Crippen molar-refractivity contribution in [3.63, 3.8) is 0 Å². The van der Waals surface area contributed by atoms with Crippen LogP contribution in [0.5, 0.6) is 5.75 Å². The fourth-order valence-electron chi connectivity index (χ4n) is 1.20. The molecule has 2 rings (SSSR count). The first-order valence-corrected chi connectivity index (χ1v) is 4.52. The molecule has 0 saturated carbocycles. The third kappa shape index (κ3) is 1.12. The Hall–Kier alpha value is -1.69. The number of thiophene rings is 1. The van der Waals surface area contributed by atoms with Crippen molar-refractivity contribution >= 4 is 27.1 Å². The molecule has 14 heavy (non-hydrogen) atoms. The summed E-state index contributed by atoms with van der Waals surface area (Å²) in [6.45, 7) is 0. The number of rotatable bonds is 1. The van der Waals surface area contributed by atoms with Crippen LogP contribution in [-0.4, -0.2) is 10.0 Å². The molecule has 0 aliphatic heterocycles. The molecule has 6 heteroatoms. The van der Waals surface area contributed by atoms with Gasteiger partial charge in [-0.15, -0.1) is 11.3 Å². The van der Waals surface area contributed by atoms with Crippen LogP contribution in [0.25, 0.3) is 10.1 Å². The Balaban J connectivity index is 2.88. The van der Waals surface area contributed by atoms with Gasteiger partial charge in [0.25, 0.3) is 0 Å². The molecule has 0 unspecified atom stereocenters. The van der Waals surface area contributed by atoms with Gasteiger partial charge in [0.05, 0.1) is 15.7 Å². The summed E-state index contributed by atoms with van der Waals surface area (Å²) < 4.78 is 13.5. The number of benzene rings is 1. The van der Waals surface area contributed by atoms with Gasteiger partial charge in [0, 0.05) is 5.39 Å². The molecule has 1 aromatic heterocycles. The quantitative estimate of drug-likeness (QED) is 0.585. The number of phenols is 1. The van der Waals surface area contributed by atoms with E-state index in [1.165, 1.54) is 6.07 Å². The Labute approximate surface area is 81.4 Å². The predicted molar refractivity (Wildman–Crippen MR) is 50.1 cm³/mol. The maximum Gasteiger partial charge on any atom is 0.310 e. The molecular weight excluding hydrogens is 209 g/mol. The van der Waals surface area contributed by atoms with Gasteiger partial charge in [0.2, 0.25) is 5.82 Å². The van der Waals surface area contributed by atoms with Gasteiger partial charge >= 0.3 is 5.69 Å².